The summed E-state index contributed by atoms with van der Waals surface area (Å²) in [5.74, 6) is -0.256. The van der Waals surface area contributed by atoms with Crippen LogP contribution in [0.3, 0.4) is 0 Å². The van der Waals surface area contributed by atoms with Crippen molar-refractivity contribution in [1.82, 2.24) is 20.0 Å². The maximum atomic E-state index is 13.0. The van der Waals surface area contributed by atoms with Crippen LogP contribution in [0.15, 0.2) is 70.2 Å². The van der Waals surface area contributed by atoms with Gasteiger partial charge in [-0.2, -0.15) is 0 Å². The zero-order valence-electron chi connectivity index (χ0n) is 16.9. The van der Waals surface area contributed by atoms with Gasteiger partial charge in [0, 0.05) is 16.6 Å². The lowest BCUT2D eigenvalue weighted by Crippen LogP contribution is -2.37. The molecule has 0 spiro atoms. The minimum atomic E-state index is -0.386. The molecule has 0 bridgehead atoms. The average molecular weight is 437 g/mol. The molecule has 1 atom stereocenters. The van der Waals surface area contributed by atoms with Crippen LogP contribution in [-0.4, -0.2) is 26.7 Å². The van der Waals surface area contributed by atoms with Crippen molar-refractivity contribution in [3.05, 3.63) is 81.9 Å². The summed E-state index contributed by atoms with van der Waals surface area (Å²) < 4.78 is 6.47. The lowest BCUT2D eigenvalue weighted by Gasteiger charge is -2.14. The Balaban J connectivity index is 1.47. The van der Waals surface area contributed by atoms with Crippen LogP contribution in [0.2, 0.25) is 5.02 Å². The van der Waals surface area contributed by atoms with Crippen molar-refractivity contribution >= 4 is 28.6 Å². The van der Waals surface area contributed by atoms with Crippen LogP contribution in [0.5, 0.6) is 0 Å². The van der Waals surface area contributed by atoms with Gasteiger partial charge in [-0.15, -0.1) is 0 Å². The molecule has 0 saturated carbocycles. The van der Waals surface area contributed by atoms with Crippen molar-refractivity contribution in [3.63, 3.8) is 0 Å². The highest BCUT2D eigenvalue weighted by molar-refractivity contribution is 6.30. The van der Waals surface area contributed by atoms with Gasteiger partial charge in [0.25, 0.3) is 11.3 Å². The van der Waals surface area contributed by atoms with Crippen molar-refractivity contribution in [1.29, 1.82) is 0 Å². The van der Waals surface area contributed by atoms with Crippen molar-refractivity contribution in [3.8, 4) is 11.3 Å². The van der Waals surface area contributed by atoms with E-state index in [1.54, 1.807) is 24.3 Å². The highest BCUT2D eigenvalue weighted by atomic mass is 35.5. The Morgan fingerprint density at radius 3 is 2.65 bits per heavy atom. The fraction of sp³-hybridized carbons (Fsp3) is 0.217. The third kappa shape index (κ3) is 4.83. The van der Waals surface area contributed by atoms with E-state index in [0.29, 0.717) is 16.3 Å². The minimum Gasteiger partial charge on any atom is -0.352 e. The Labute approximate surface area is 183 Å². The SMILES string of the molecule is CC(CCc1ccccc1)NC(=O)Cn1cnc2onc(-c3ccc(Cl)cc3)c2c1=O. The summed E-state index contributed by atoms with van der Waals surface area (Å²) in [6.07, 6.45) is 2.96. The monoisotopic (exact) mass is 436 g/mol. The van der Waals surface area contributed by atoms with Crippen LogP contribution < -0.4 is 10.9 Å². The number of aromatic nitrogens is 3. The molecule has 4 aromatic rings. The second-order valence-corrected chi connectivity index (χ2v) is 7.83. The molecule has 2 aromatic carbocycles. The minimum absolute atomic E-state index is 0.0275. The molecule has 1 N–H and O–H groups in total. The normalized spacial score (nSPS) is 12.1. The first-order valence-electron chi connectivity index (χ1n) is 9.95. The van der Waals surface area contributed by atoms with Crippen LogP contribution in [0.4, 0.5) is 0 Å². The van der Waals surface area contributed by atoms with Crippen LogP contribution in [0.25, 0.3) is 22.4 Å². The van der Waals surface area contributed by atoms with E-state index in [1.807, 2.05) is 25.1 Å². The van der Waals surface area contributed by atoms with Gasteiger partial charge in [0.1, 0.15) is 24.0 Å². The number of rotatable bonds is 7. The Bertz CT molecular complexity index is 1250. The molecule has 4 rings (SSSR count). The molecule has 7 nitrogen and oxygen atoms in total. The molecule has 0 aliphatic heterocycles. The molecule has 2 heterocycles. The number of carbonyl (C=O) groups is 1. The molecule has 1 amide bonds. The first-order valence-corrected chi connectivity index (χ1v) is 10.3. The number of carbonyl (C=O) groups excluding carboxylic acids is 1. The van der Waals surface area contributed by atoms with Crippen molar-refractivity contribution < 1.29 is 9.32 Å². The Kier molecular flexibility index (Phi) is 6.13. The maximum absolute atomic E-state index is 13.0. The molecule has 2 aromatic heterocycles. The third-order valence-corrected chi connectivity index (χ3v) is 5.26. The lowest BCUT2D eigenvalue weighted by molar-refractivity contribution is -0.122. The molecule has 158 valence electrons. The lowest BCUT2D eigenvalue weighted by atomic mass is 10.1. The van der Waals surface area contributed by atoms with E-state index in [4.69, 9.17) is 16.1 Å². The number of hydrogen-bond donors (Lipinski definition) is 1. The van der Waals surface area contributed by atoms with E-state index in [-0.39, 0.29) is 35.2 Å². The fourth-order valence-corrected chi connectivity index (χ4v) is 3.50. The van der Waals surface area contributed by atoms with E-state index in [9.17, 15) is 9.59 Å². The van der Waals surface area contributed by atoms with Crippen LogP contribution >= 0.6 is 11.6 Å². The van der Waals surface area contributed by atoms with E-state index >= 15 is 0 Å². The highest BCUT2D eigenvalue weighted by Crippen LogP contribution is 2.25. The molecule has 0 fully saturated rings. The molecule has 0 saturated heterocycles. The van der Waals surface area contributed by atoms with Crippen molar-refractivity contribution in [2.75, 3.05) is 0 Å². The standard InChI is InChI=1S/C23H21ClN4O3/c1-15(7-8-16-5-3-2-4-6-16)26-19(29)13-28-14-25-22-20(23(28)30)21(27-31-22)17-9-11-18(24)12-10-17/h2-6,9-12,14-15H,7-8,13H2,1H3,(H,26,29). The Morgan fingerprint density at radius 2 is 1.90 bits per heavy atom. The van der Waals surface area contributed by atoms with Gasteiger partial charge in [-0.3, -0.25) is 14.2 Å². The molecule has 0 aliphatic carbocycles. The summed E-state index contributed by atoms with van der Waals surface area (Å²) in [6.45, 7) is 1.81. The number of halogens is 1. The molecule has 1 unspecified atom stereocenters. The second-order valence-electron chi connectivity index (χ2n) is 7.39. The van der Waals surface area contributed by atoms with Crippen LogP contribution in [-0.2, 0) is 17.8 Å². The summed E-state index contributed by atoms with van der Waals surface area (Å²) >= 11 is 5.94. The van der Waals surface area contributed by atoms with E-state index in [0.717, 1.165) is 12.8 Å². The van der Waals surface area contributed by atoms with Gasteiger partial charge < -0.3 is 9.84 Å². The summed E-state index contributed by atoms with van der Waals surface area (Å²) in [6, 6.07) is 17.0. The first kappa shape index (κ1) is 20.8. The quantitative estimate of drug-likeness (QED) is 0.475. The molecular weight excluding hydrogens is 416 g/mol. The van der Waals surface area contributed by atoms with Crippen LogP contribution in [0, 0.1) is 0 Å². The first-order chi connectivity index (χ1) is 15.0. The molecule has 0 aliphatic rings. The zero-order valence-corrected chi connectivity index (χ0v) is 17.7. The Morgan fingerprint density at radius 1 is 1.16 bits per heavy atom. The van der Waals surface area contributed by atoms with Crippen molar-refractivity contribution in [2.24, 2.45) is 0 Å². The van der Waals surface area contributed by atoms with E-state index in [1.165, 1.54) is 16.5 Å². The number of fused-ring (bicyclic) bond motifs is 1. The molecule has 8 heteroatoms. The zero-order chi connectivity index (χ0) is 21.8. The Hall–Kier alpha value is -3.45. The number of nitrogens with zero attached hydrogens (tertiary/aromatic N) is 3. The number of hydrogen-bond acceptors (Lipinski definition) is 5. The van der Waals surface area contributed by atoms with Gasteiger partial charge in [-0.25, -0.2) is 4.98 Å². The average Bonchev–Trinajstić information content (AvgIpc) is 3.20. The molecule has 31 heavy (non-hydrogen) atoms. The summed E-state index contributed by atoms with van der Waals surface area (Å²) in [7, 11) is 0. The second kappa shape index (κ2) is 9.14. The van der Waals surface area contributed by atoms with Crippen LogP contribution in [0.1, 0.15) is 18.9 Å². The van der Waals surface area contributed by atoms with Gasteiger partial charge in [0.2, 0.25) is 5.91 Å². The van der Waals surface area contributed by atoms with E-state index < -0.39 is 0 Å². The number of amides is 1. The van der Waals surface area contributed by atoms with Gasteiger partial charge in [0.05, 0.1) is 0 Å². The van der Waals surface area contributed by atoms with E-state index in [2.05, 4.69) is 27.6 Å². The molecule has 0 radical (unpaired) electrons. The summed E-state index contributed by atoms with van der Waals surface area (Å²) in [5.41, 5.74) is 2.01. The number of nitrogens with one attached hydrogen (secondary N) is 1. The maximum Gasteiger partial charge on any atom is 0.267 e. The van der Waals surface area contributed by atoms with Gasteiger partial charge in [0.15, 0.2) is 0 Å². The fourth-order valence-electron chi connectivity index (χ4n) is 3.37. The van der Waals surface area contributed by atoms with Gasteiger partial charge in [-0.1, -0.05) is 59.2 Å². The summed E-state index contributed by atoms with van der Waals surface area (Å²) in [4.78, 5) is 29.6. The van der Waals surface area contributed by atoms with Gasteiger partial charge >= 0.3 is 0 Å². The summed E-state index contributed by atoms with van der Waals surface area (Å²) in [5, 5.41) is 7.73. The number of benzene rings is 2. The predicted molar refractivity (Wildman–Crippen MR) is 119 cm³/mol. The van der Waals surface area contributed by atoms with Crippen molar-refractivity contribution in [2.45, 2.75) is 32.4 Å². The topological polar surface area (TPSA) is 90.0 Å². The van der Waals surface area contributed by atoms with Gasteiger partial charge in [-0.05, 0) is 37.5 Å². The highest BCUT2D eigenvalue weighted by Gasteiger charge is 2.18. The predicted octanol–water partition coefficient (Wildman–Crippen LogP) is 3.84. The largest absolute Gasteiger partial charge is 0.352 e. The smallest absolute Gasteiger partial charge is 0.267 e. The number of aryl methyl sites for hydroxylation is 1. The molecular formula is C23H21ClN4O3. The third-order valence-electron chi connectivity index (χ3n) is 5.01.